The van der Waals surface area contributed by atoms with Crippen LogP contribution in [-0.2, 0) is 17.8 Å². The Morgan fingerprint density at radius 1 is 1.21 bits per heavy atom. The lowest BCUT2D eigenvalue weighted by Gasteiger charge is -2.22. The SMILES string of the molecule is CCc1ccc(CN(C)C(=NC)NCCC(=O)NC(C)C)cc1.I. The van der Waals surface area contributed by atoms with Crippen LogP contribution in [0.2, 0.25) is 0 Å². The molecule has 0 spiro atoms. The van der Waals surface area contributed by atoms with Crippen molar-refractivity contribution in [1.29, 1.82) is 0 Å². The number of guanidine groups is 1. The summed E-state index contributed by atoms with van der Waals surface area (Å²) in [7, 11) is 3.75. The first-order valence-corrected chi connectivity index (χ1v) is 8.25. The van der Waals surface area contributed by atoms with Crippen molar-refractivity contribution in [2.24, 2.45) is 4.99 Å². The van der Waals surface area contributed by atoms with Gasteiger partial charge in [-0.15, -0.1) is 24.0 Å². The summed E-state index contributed by atoms with van der Waals surface area (Å²) >= 11 is 0. The minimum absolute atomic E-state index is 0. The minimum Gasteiger partial charge on any atom is -0.356 e. The Hall–Kier alpha value is -1.31. The van der Waals surface area contributed by atoms with Gasteiger partial charge in [-0.1, -0.05) is 31.2 Å². The standard InChI is InChI=1S/C18H30N4O.HI/c1-6-15-7-9-16(10-8-15)13-22(5)18(19-4)20-12-11-17(23)21-14(2)3;/h7-10,14H,6,11-13H2,1-5H3,(H,19,20)(H,21,23);1H. The number of carbonyl (C=O) groups is 1. The van der Waals surface area contributed by atoms with Gasteiger partial charge in [-0.25, -0.2) is 0 Å². The van der Waals surface area contributed by atoms with Gasteiger partial charge in [0.1, 0.15) is 0 Å². The molecule has 6 heteroatoms. The number of carbonyl (C=O) groups excluding carboxylic acids is 1. The van der Waals surface area contributed by atoms with E-state index in [1.807, 2.05) is 20.9 Å². The van der Waals surface area contributed by atoms with Crippen molar-refractivity contribution in [3.63, 3.8) is 0 Å². The number of halogens is 1. The summed E-state index contributed by atoms with van der Waals surface area (Å²) in [6, 6.07) is 8.80. The largest absolute Gasteiger partial charge is 0.356 e. The fourth-order valence-electron chi connectivity index (χ4n) is 2.30. The molecule has 0 bridgehead atoms. The number of amides is 1. The number of aliphatic imine (C=N–C) groups is 1. The molecule has 0 saturated carbocycles. The van der Waals surface area contributed by atoms with Gasteiger partial charge in [0.2, 0.25) is 5.91 Å². The number of aryl methyl sites for hydroxylation is 1. The van der Waals surface area contributed by atoms with Crippen molar-refractivity contribution in [1.82, 2.24) is 15.5 Å². The molecule has 1 rings (SSSR count). The highest BCUT2D eigenvalue weighted by Gasteiger charge is 2.08. The molecule has 0 aliphatic rings. The fourth-order valence-corrected chi connectivity index (χ4v) is 2.30. The molecule has 0 atom stereocenters. The summed E-state index contributed by atoms with van der Waals surface area (Å²) in [6.07, 6.45) is 1.49. The molecule has 0 radical (unpaired) electrons. The van der Waals surface area contributed by atoms with E-state index >= 15 is 0 Å². The summed E-state index contributed by atoms with van der Waals surface area (Å²) in [5, 5.41) is 6.11. The molecule has 0 fully saturated rings. The van der Waals surface area contributed by atoms with Gasteiger partial charge in [-0.2, -0.15) is 0 Å². The first kappa shape index (κ1) is 22.7. The lowest BCUT2D eigenvalue weighted by Crippen LogP contribution is -2.40. The molecular formula is C18H31IN4O. The van der Waals surface area contributed by atoms with Crippen LogP contribution in [0.5, 0.6) is 0 Å². The summed E-state index contributed by atoms with van der Waals surface area (Å²) in [5.41, 5.74) is 2.58. The van der Waals surface area contributed by atoms with Crippen molar-refractivity contribution < 1.29 is 4.79 Å². The van der Waals surface area contributed by atoms with Gasteiger partial charge in [0, 0.05) is 39.6 Å². The molecule has 0 heterocycles. The van der Waals surface area contributed by atoms with E-state index in [0.29, 0.717) is 13.0 Å². The zero-order chi connectivity index (χ0) is 17.2. The number of benzene rings is 1. The molecule has 136 valence electrons. The van der Waals surface area contributed by atoms with Crippen LogP contribution in [-0.4, -0.2) is 43.4 Å². The van der Waals surface area contributed by atoms with Gasteiger partial charge in [0.05, 0.1) is 0 Å². The molecule has 0 aliphatic heterocycles. The molecule has 2 N–H and O–H groups in total. The topological polar surface area (TPSA) is 56.7 Å². The average Bonchev–Trinajstić information content (AvgIpc) is 2.51. The highest BCUT2D eigenvalue weighted by Crippen LogP contribution is 2.07. The monoisotopic (exact) mass is 446 g/mol. The predicted molar refractivity (Wildman–Crippen MR) is 112 cm³/mol. The zero-order valence-corrected chi connectivity index (χ0v) is 17.8. The number of nitrogens with zero attached hydrogens (tertiary/aromatic N) is 2. The molecule has 0 unspecified atom stereocenters. The molecule has 0 aliphatic carbocycles. The second kappa shape index (κ2) is 12.1. The Labute approximate surface area is 163 Å². The fraction of sp³-hybridized carbons (Fsp3) is 0.556. The predicted octanol–water partition coefficient (Wildman–Crippen LogP) is 2.79. The molecule has 5 nitrogen and oxygen atoms in total. The Bertz CT molecular complexity index is 514. The Balaban J connectivity index is 0.00000529. The van der Waals surface area contributed by atoms with E-state index in [0.717, 1.165) is 18.9 Å². The van der Waals surface area contributed by atoms with E-state index in [1.165, 1.54) is 11.1 Å². The van der Waals surface area contributed by atoms with Crippen LogP contribution >= 0.6 is 24.0 Å². The van der Waals surface area contributed by atoms with Crippen molar-refractivity contribution in [2.75, 3.05) is 20.6 Å². The van der Waals surface area contributed by atoms with E-state index in [-0.39, 0.29) is 35.9 Å². The van der Waals surface area contributed by atoms with Crippen LogP contribution in [0, 0.1) is 0 Å². The normalized spacial score (nSPS) is 11.0. The molecule has 24 heavy (non-hydrogen) atoms. The zero-order valence-electron chi connectivity index (χ0n) is 15.4. The first-order valence-electron chi connectivity index (χ1n) is 8.25. The Kier molecular flexibility index (Phi) is 11.4. The molecule has 0 aromatic heterocycles. The van der Waals surface area contributed by atoms with Gasteiger partial charge in [-0.3, -0.25) is 9.79 Å². The third kappa shape index (κ3) is 8.52. The van der Waals surface area contributed by atoms with Gasteiger partial charge >= 0.3 is 0 Å². The van der Waals surface area contributed by atoms with Crippen LogP contribution in [0.4, 0.5) is 0 Å². The maximum Gasteiger partial charge on any atom is 0.221 e. The molecule has 0 saturated heterocycles. The number of hydrogen-bond acceptors (Lipinski definition) is 2. The van der Waals surface area contributed by atoms with E-state index in [2.05, 4.69) is 51.7 Å². The van der Waals surface area contributed by atoms with Crippen molar-refractivity contribution >= 4 is 35.8 Å². The van der Waals surface area contributed by atoms with Gasteiger partial charge < -0.3 is 15.5 Å². The molecule has 1 aromatic carbocycles. The highest BCUT2D eigenvalue weighted by atomic mass is 127. The maximum absolute atomic E-state index is 11.6. The lowest BCUT2D eigenvalue weighted by molar-refractivity contribution is -0.121. The highest BCUT2D eigenvalue weighted by molar-refractivity contribution is 14.0. The van der Waals surface area contributed by atoms with Crippen LogP contribution in [0.3, 0.4) is 0 Å². The number of nitrogens with one attached hydrogen (secondary N) is 2. The van der Waals surface area contributed by atoms with Crippen LogP contribution in [0.1, 0.15) is 38.3 Å². The summed E-state index contributed by atoms with van der Waals surface area (Å²) < 4.78 is 0. The van der Waals surface area contributed by atoms with Crippen molar-refractivity contribution in [2.45, 2.75) is 46.2 Å². The van der Waals surface area contributed by atoms with E-state index < -0.39 is 0 Å². The smallest absolute Gasteiger partial charge is 0.221 e. The van der Waals surface area contributed by atoms with Gasteiger partial charge in [-0.05, 0) is 31.4 Å². The summed E-state index contributed by atoms with van der Waals surface area (Å²) in [5.74, 6) is 0.850. The molecule has 1 aromatic rings. The summed E-state index contributed by atoms with van der Waals surface area (Å²) in [6.45, 7) is 7.43. The average molecular weight is 446 g/mol. The van der Waals surface area contributed by atoms with E-state index in [1.54, 1.807) is 7.05 Å². The Morgan fingerprint density at radius 2 is 1.79 bits per heavy atom. The maximum atomic E-state index is 11.6. The van der Waals surface area contributed by atoms with Gasteiger partial charge in [0.15, 0.2) is 5.96 Å². The third-order valence-corrected chi connectivity index (χ3v) is 3.51. The van der Waals surface area contributed by atoms with Crippen LogP contribution in [0.25, 0.3) is 0 Å². The second-order valence-corrected chi connectivity index (χ2v) is 5.97. The minimum atomic E-state index is 0. The van der Waals surface area contributed by atoms with Crippen molar-refractivity contribution in [3.05, 3.63) is 35.4 Å². The van der Waals surface area contributed by atoms with Crippen LogP contribution < -0.4 is 10.6 Å². The third-order valence-electron chi connectivity index (χ3n) is 3.51. The Morgan fingerprint density at radius 3 is 2.29 bits per heavy atom. The summed E-state index contributed by atoms with van der Waals surface area (Å²) in [4.78, 5) is 18.0. The molecular weight excluding hydrogens is 415 g/mol. The first-order chi connectivity index (χ1) is 11.0. The van der Waals surface area contributed by atoms with E-state index in [4.69, 9.17) is 0 Å². The molecule has 1 amide bonds. The van der Waals surface area contributed by atoms with Gasteiger partial charge in [0.25, 0.3) is 0 Å². The second-order valence-electron chi connectivity index (χ2n) is 5.97. The lowest BCUT2D eigenvalue weighted by atomic mass is 10.1. The quantitative estimate of drug-likeness (QED) is 0.385. The van der Waals surface area contributed by atoms with Crippen molar-refractivity contribution in [3.8, 4) is 0 Å². The van der Waals surface area contributed by atoms with Crippen LogP contribution in [0.15, 0.2) is 29.3 Å². The number of hydrogen-bond donors (Lipinski definition) is 2. The van der Waals surface area contributed by atoms with E-state index in [9.17, 15) is 4.79 Å². The number of rotatable bonds is 7.